The van der Waals surface area contributed by atoms with Crippen LogP contribution in [0.1, 0.15) is 71.1 Å². The van der Waals surface area contributed by atoms with Crippen molar-refractivity contribution in [2.45, 2.75) is 77.2 Å². The normalized spacial score (nSPS) is 30.2. The van der Waals surface area contributed by atoms with Gasteiger partial charge in [0.25, 0.3) is 0 Å². The van der Waals surface area contributed by atoms with Gasteiger partial charge in [-0.15, -0.1) is 0 Å². The maximum absolute atomic E-state index is 12.4. The van der Waals surface area contributed by atoms with Crippen LogP contribution in [0.25, 0.3) is 0 Å². The minimum atomic E-state index is -0.900. The fourth-order valence-electron chi connectivity index (χ4n) is 4.07. The fourth-order valence-corrected chi connectivity index (χ4v) is 4.07. The van der Waals surface area contributed by atoms with Gasteiger partial charge in [0.05, 0.1) is 0 Å². The van der Waals surface area contributed by atoms with Crippen LogP contribution in [0.4, 0.5) is 0 Å². The van der Waals surface area contributed by atoms with Gasteiger partial charge in [0.2, 0.25) is 5.91 Å². The third-order valence-electron chi connectivity index (χ3n) is 5.37. The smallest absolute Gasteiger partial charge is 0.326 e. The molecule has 4 nitrogen and oxygen atoms in total. The van der Waals surface area contributed by atoms with Crippen molar-refractivity contribution in [3.05, 3.63) is 0 Å². The number of carbonyl (C=O) groups is 2. The van der Waals surface area contributed by atoms with E-state index < -0.39 is 12.0 Å². The van der Waals surface area contributed by atoms with Crippen LogP contribution in [0.15, 0.2) is 0 Å². The Kier molecular flexibility index (Phi) is 6.07. The predicted molar refractivity (Wildman–Crippen MR) is 81.9 cm³/mol. The molecular weight excluding hydrogens is 266 g/mol. The lowest BCUT2D eigenvalue weighted by molar-refractivity contribution is -0.143. The lowest BCUT2D eigenvalue weighted by atomic mass is 9.67. The first-order valence-electron chi connectivity index (χ1n) is 8.65. The van der Waals surface area contributed by atoms with Crippen molar-refractivity contribution in [3.63, 3.8) is 0 Å². The molecule has 2 rings (SSSR count). The third-order valence-corrected chi connectivity index (χ3v) is 5.37. The highest BCUT2D eigenvalue weighted by Crippen LogP contribution is 2.42. The Labute approximate surface area is 127 Å². The van der Waals surface area contributed by atoms with Gasteiger partial charge in [-0.1, -0.05) is 45.4 Å². The van der Waals surface area contributed by atoms with Gasteiger partial charge >= 0.3 is 5.97 Å². The molecular formula is C17H29NO3. The number of carbonyl (C=O) groups excluding carboxylic acids is 1. The van der Waals surface area contributed by atoms with Crippen molar-refractivity contribution in [1.82, 2.24) is 5.32 Å². The number of hydrogen-bond acceptors (Lipinski definition) is 2. The number of amides is 1. The summed E-state index contributed by atoms with van der Waals surface area (Å²) in [4.78, 5) is 23.6. The third kappa shape index (κ3) is 4.45. The second kappa shape index (κ2) is 7.81. The van der Waals surface area contributed by atoms with Crippen LogP contribution in [0, 0.1) is 17.8 Å². The first kappa shape index (κ1) is 16.3. The summed E-state index contributed by atoms with van der Waals surface area (Å²) in [5.41, 5.74) is 0. The molecule has 4 heteroatoms. The molecule has 2 aliphatic carbocycles. The number of carboxylic acids is 1. The van der Waals surface area contributed by atoms with Gasteiger partial charge in [-0.3, -0.25) is 4.79 Å². The maximum atomic E-state index is 12.4. The zero-order valence-corrected chi connectivity index (χ0v) is 13.1. The first-order chi connectivity index (χ1) is 10.1. The topological polar surface area (TPSA) is 66.4 Å². The minimum absolute atomic E-state index is 0.0254. The Morgan fingerprint density at radius 2 is 1.86 bits per heavy atom. The highest BCUT2D eigenvalue weighted by Gasteiger charge is 2.35. The monoisotopic (exact) mass is 295 g/mol. The van der Waals surface area contributed by atoms with Crippen LogP contribution in [0.2, 0.25) is 0 Å². The number of aliphatic carboxylic acids is 1. The van der Waals surface area contributed by atoms with Crippen LogP contribution >= 0.6 is 0 Å². The second-order valence-corrected chi connectivity index (χ2v) is 6.86. The summed E-state index contributed by atoms with van der Waals surface area (Å²) in [6.07, 6.45) is 10.6. The van der Waals surface area contributed by atoms with Crippen molar-refractivity contribution < 1.29 is 14.7 Å². The van der Waals surface area contributed by atoms with E-state index in [9.17, 15) is 14.7 Å². The van der Waals surface area contributed by atoms with E-state index in [0.717, 1.165) is 38.0 Å². The average Bonchev–Trinajstić information content (AvgIpc) is 2.50. The molecule has 2 aliphatic rings. The summed E-state index contributed by atoms with van der Waals surface area (Å²) in [5.74, 6) is 0.624. The Hall–Kier alpha value is -1.06. The van der Waals surface area contributed by atoms with E-state index >= 15 is 0 Å². The van der Waals surface area contributed by atoms with Gasteiger partial charge < -0.3 is 10.4 Å². The van der Waals surface area contributed by atoms with E-state index in [1.807, 2.05) is 6.92 Å². The van der Waals surface area contributed by atoms with E-state index in [-0.39, 0.29) is 11.8 Å². The van der Waals surface area contributed by atoms with Gasteiger partial charge in [0, 0.05) is 5.92 Å². The summed E-state index contributed by atoms with van der Waals surface area (Å²) >= 11 is 0. The van der Waals surface area contributed by atoms with E-state index in [0.29, 0.717) is 12.3 Å². The molecule has 0 heterocycles. The number of carboxylic acid groups (broad SMARTS) is 1. The number of rotatable bonds is 6. The van der Waals surface area contributed by atoms with Gasteiger partial charge in [0.1, 0.15) is 6.04 Å². The summed E-state index contributed by atoms with van der Waals surface area (Å²) in [6.45, 7) is 2.03. The summed E-state index contributed by atoms with van der Waals surface area (Å²) < 4.78 is 0. The fraction of sp³-hybridized carbons (Fsp3) is 0.882. The second-order valence-electron chi connectivity index (χ2n) is 6.86. The largest absolute Gasteiger partial charge is 0.480 e. The first-order valence-corrected chi connectivity index (χ1v) is 8.65. The molecule has 0 aromatic heterocycles. The van der Waals surface area contributed by atoms with Crippen molar-refractivity contribution in [2.24, 2.45) is 17.8 Å². The van der Waals surface area contributed by atoms with E-state index in [4.69, 9.17) is 0 Å². The number of unbranched alkanes of at least 4 members (excludes halogenated alkanes) is 1. The molecule has 0 aromatic carbocycles. The average molecular weight is 295 g/mol. The Balaban J connectivity index is 1.85. The lowest BCUT2D eigenvalue weighted by Crippen LogP contribution is -2.45. The van der Waals surface area contributed by atoms with Gasteiger partial charge in [0.15, 0.2) is 0 Å². The number of hydrogen-bond donors (Lipinski definition) is 2. The highest BCUT2D eigenvalue weighted by molar-refractivity contribution is 5.85. The van der Waals surface area contributed by atoms with Gasteiger partial charge in [-0.05, 0) is 37.5 Å². The van der Waals surface area contributed by atoms with E-state index in [1.165, 1.54) is 25.7 Å². The zero-order chi connectivity index (χ0) is 15.2. The van der Waals surface area contributed by atoms with Gasteiger partial charge in [-0.2, -0.15) is 0 Å². The van der Waals surface area contributed by atoms with Crippen LogP contribution in [-0.2, 0) is 9.59 Å². The molecule has 0 bridgehead atoms. The molecule has 0 saturated heterocycles. The number of fused-ring (bicyclic) bond motifs is 1. The molecule has 4 atom stereocenters. The Morgan fingerprint density at radius 1 is 1.14 bits per heavy atom. The van der Waals surface area contributed by atoms with Crippen LogP contribution in [0.3, 0.4) is 0 Å². The lowest BCUT2D eigenvalue weighted by Gasteiger charge is -2.39. The highest BCUT2D eigenvalue weighted by atomic mass is 16.4. The van der Waals surface area contributed by atoms with Crippen molar-refractivity contribution >= 4 is 11.9 Å². The predicted octanol–water partition coefficient (Wildman–Crippen LogP) is 3.35. The summed E-state index contributed by atoms with van der Waals surface area (Å²) in [5, 5.41) is 12.0. The quantitative estimate of drug-likeness (QED) is 0.789. The minimum Gasteiger partial charge on any atom is -0.480 e. The van der Waals surface area contributed by atoms with Crippen molar-refractivity contribution in [2.75, 3.05) is 0 Å². The molecule has 2 N–H and O–H groups in total. The molecule has 2 saturated carbocycles. The zero-order valence-electron chi connectivity index (χ0n) is 13.1. The van der Waals surface area contributed by atoms with Gasteiger partial charge in [-0.25, -0.2) is 4.79 Å². The molecule has 3 unspecified atom stereocenters. The SMILES string of the molecule is CCCC[C@H](NC(=O)C1CCC2CCCCC2C1)C(=O)O. The molecule has 120 valence electrons. The van der Waals surface area contributed by atoms with Crippen LogP contribution in [0.5, 0.6) is 0 Å². The van der Waals surface area contributed by atoms with Crippen molar-refractivity contribution in [3.8, 4) is 0 Å². The molecule has 21 heavy (non-hydrogen) atoms. The molecule has 2 fully saturated rings. The summed E-state index contributed by atoms with van der Waals surface area (Å²) in [7, 11) is 0. The standard InChI is InChI=1S/C17H29NO3/c1-2-3-8-15(17(20)21)18-16(19)14-10-9-12-6-4-5-7-13(12)11-14/h12-15H,2-11H2,1H3,(H,18,19)(H,20,21)/t12?,13?,14?,15-/m0/s1. The Morgan fingerprint density at radius 3 is 2.52 bits per heavy atom. The summed E-state index contributed by atoms with van der Waals surface area (Å²) in [6, 6.07) is -0.707. The van der Waals surface area contributed by atoms with E-state index in [1.54, 1.807) is 0 Å². The van der Waals surface area contributed by atoms with Crippen molar-refractivity contribution in [1.29, 1.82) is 0 Å². The molecule has 0 aromatic rings. The Bertz CT molecular complexity index is 369. The van der Waals surface area contributed by atoms with E-state index in [2.05, 4.69) is 5.32 Å². The molecule has 0 spiro atoms. The number of nitrogens with one attached hydrogen (secondary N) is 1. The molecule has 1 amide bonds. The van der Waals surface area contributed by atoms with Crippen LogP contribution in [-0.4, -0.2) is 23.0 Å². The molecule has 0 radical (unpaired) electrons. The van der Waals surface area contributed by atoms with Crippen LogP contribution < -0.4 is 5.32 Å². The molecule has 0 aliphatic heterocycles. The maximum Gasteiger partial charge on any atom is 0.326 e.